The summed E-state index contributed by atoms with van der Waals surface area (Å²) in [6.07, 6.45) is -26.4. The molecule has 0 spiro atoms. The lowest BCUT2D eigenvalue weighted by molar-refractivity contribution is -0.357. The van der Waals surface area contributed by atoms with E-state index >= 15 is 0 Å². The largest absolute Gasteiger partial charge is 0.431 e. The fourth-order valence-electron chi connectivity index (χ4n) is 1.07. The highest BCUT2D eigenvalue weighted by atomic mass is 19.4. The highest BCUT2D eigenvalue weighted by Gasteiger charge is 2.75. The van der Waals surface area contributed by atoms with Crippen molar-refractivity contribution in [3.05, 3.63) is 0 Å². The van der Waals surface area contributed by atoms with Crippen LogP contribution >= 0.6 is 0 Å². The van der Waals surface area contributed by atoms with Crippen LogP contribution in [0.4, 0.5) is 52.7 Å². The zero-order valence-corrected chi connectivity index (χ0v) is 8.45. The Bertz CT molecular complexity index is 290. The van der Waals surface area contributed by atoms with Crippen molar-refractivity contribution in [3.63, 3.8) is 0 Å². The molecule has 0 radical (unpaired) electrons. The predicted molar refractivity (Wildman–Crippen MR) is 36.2 cm³/mol. The van der Waals surface area contributed by atoms with Gasteiger partial charge in [0.1, 0.15) is 6.42 Å². The SMILES string of the molecule is FC(F)(F)CC(F)(F)CC(F)(C(F)(F)F)C(F)(F)F. The molecule has 0 amide bonds. The van der Waals surface area contributed by atoms with E-state index in [1.807, 2.05) is 0 Å². The third kappa shape index (κ3) is 4.64. The summed E-state index contributed by atoms with van der Waals surface area (Å²) in [5.74, 6) is -5.56. The molecule has 0 rings (SSSR count). The van der Waals surface area contributed by atoms with Crippen LogP contribution < -0.4 is 0 Å². The van der Waals surface area contributed by atoms with Crippen LogP contribution in [0.1, 0.15) is 12.8 Å². The third-order valence-corrected chi connectivity index (χ3v) is 1.86. The van der Waals surface area contributed by atoms with E-state index in [9.17, 15) is 52.7 Å². The van der Waals surface area contributed by atoms with E-state index < -0.39 is 43.0 Å². The van der Waals surface area contributed by atoms with Crippen molar-refractivity contribution in [1.29, 1.82) is 0 Å². The molecule has 0 aliphatic rings. The summed E-state index contributed by atoms with van der Waals surface area (Å²) in [6, 6.07) is 0. The van der Waals surface area contributed by atoms with Crippen molar-refractivity contribution in [3.8, 4) is 0 Å². The molecule has 0 aliphatic carbocycles. The molecule has 0 aromatic carbocycles. The lowest BCUT2D eigenvalue weighted by Crippen LogP contribution is -2.56. The van der Waals surface area contributed by atoms with Gasteiger partial charge < -0.3 is 0 Å². The molecule has 0 unspecified atom stereocenters. The lowest BCUT2D eigenvalue weighted by Gasteiger charge is -2.33. The van der Waals surface area contributed by atoms with Gasteiger partial charge in [-0.25, -0.2) is 13.2 Å². The van der Waals surface area contributed by atoms with Crippen molar-refractivity contribution >= 4 is 0 Å². The number of hydrogen-bond donors (Lipinski definition) is 0. The van der Waals surface area contributed by atoms with Gasteiger partial charge in [-0.3, -0.25) is 0 Å². The standard InChI is InChI=1S/C7H4F12/c8-3(9,2-5(11,12)13)1-4(10,6(14,15)16)7(17,18)19/h1-2H2. The van der Waals surface area contributed by atoms with Gasteiger partial charge in [0.05, 0.1) is 6.42 Å². The maximum Gasteiger partial charge on any atom is 0.431 e. The first-order valence-electron chi connectivity index (χ1n) is 4.18. The fraction of sp³-hybridized carbons (Fsp3) is 1.00. The minimum atomic E-state index is -6.82. The molecule has 0 aromatic heterocycles. The number of halogens is 12. The smallest absolute Gasteiger partial charge is 0.223 e. The van der Waals surface area contributed by atoms with Gasteiger partial charge in [0.15, 0.2) is 0 Å². The summed E-state index contributed by atoms with van der Waals surface area (Å²) < 4.78 is 144. The molecule has 0 fully saturated rings. The van der Waals surface area contributed by atoms with Gasteiger partial charge in [-0.15, -0.1) is 0 Å². The Kier molecular flexibility index (Phi) is 4.41. The Morgan fingerprint density at radius 2 is 0.789 bits per heavy atom. The van der Waals surface area contributed by atoms with E-state index in [1.54, 1.807) is 0 Å². The second-order valence-electron chi connectivity index (χ2n) is 3.62. The molecule has 0 N–H and O–H groups in total. The van der Waals surface area contributed by atoms with E-state index in [0.29, 0.717) is 0 Å². The molecule has 0 nitrogen and oxygen atoms in total. The first-order chi connectivity index (χ1) is 7.91. The number of alkyl halides is 12. The molecular formula is C7H4F12. The Hall–Kier alpha value is -0.840. The van der Waals surface area contributed by atoms with Crippen molar-refractivity contribution in [2.24, 2.45) is 0 Å². The van der Waals surface area contributed by atoms with Gasteiger partial charge in [0, 0.05) is 0 Å². The van der Waals surface area contributed by atoms with E-state index in [1.165, 1.54) is 0 Å². The highest BCUT2D eigenvalue weighted by Crippen LogP contribution is 2.52. The molecular weight excluding hydrogens is 312 g/mol. The molecule has 0 aromatic rings. The molecule has 0 saturated carbocycles. The van der Waals surface area contributed by atoms with Crippen LogP contribution in [0.2, 0.25) is 0 Å². The highest BCUT2D eigenvalue weighted by molar-refractivity contribution is 4.98. The summed E-state index contributed by atoms with van der Waals surface area (Å²) in [5, 5.41) is 0. The maximum atomic E-state index is 12.8. The molecule has 0 saturated heterocycles. The summed E-state index contributed by atoms with van der Waals surface area (Å²) >= 11 is 0. The van der Waals surface area contributed by atoms with Crippen LogP contribution in [-0.2, 0) is 0 Å². The van der Waals surface area contributed by atoms with E-state index in [0.717, 1.165) is 0 Å². The summed E-state index contributed by atoms with van der Waals surface area (Å²) in [7, 11) is 0. The average Bonchev–Trinajstić information content (AvgIpc) is 1.92. The van der Waals surface area contributed by atoms with Crippen molar-refractivity contribution < 1.29 is 52.7 Å². The van der Waals surface area contributed by atoms with E-state index in [2.05, 4.69) is 0 Å². The summed E-state index contributed by atoms with van der Waals surface area (Å²) in [6.45, 7) is 0. The van der Waals surface area contributed by atoms with Crippen LogP contribution in [-0.4, -0.2) is 30.1 Å². The monoisotopic (exact) mass is 316 g/mol. The van der Waals surface area contributed by atoms with E-state index in [-0.39, 0.29) is 0 Å². The van der Waals surface area contributed by atoms with Gasteiger partial charge in [0.25, 0.3) is 5.92 Å². The van der Waals surface area contributed by atoms with Crippen molar-refractivity contribution in [2.45, 2.75) is 43.0 Å². The van der Waals surface area contributed by atoms with Gasteiger partial charge in [-0.2, -0.15) is 39.5 Å². The summed E-state index contributed by atoms with van der Waals surface area (Å²) in [4.78, 5) is 0. The minimum Gasteiger partial charge on any atom is -0.223 e. The minimum absolute atomic E-state index is 3.29. The van der Waals surface area contributed by atoms with E-state index in [4.69, 9.17) is 0 Å². The zero-order valence-electron chi connectivity index (χ0n) is 8.45. The first-order valence-corrected chi connectivity index (χ1v) is 4.18. The third-order valence-electron chi connectivity index (χ3n) is 1.86. The molecule has 0 atom stereocenters. The molecule has 0 bridgehead atoms. The topological polar surface area (TPSA) is 0 Å². The molecule has 116 valence electrons. The maximum absolute atomic E-state index is 12.8. The summed E-state index contributed by atoms with van der Waals surface area (Å²) in [5.41, 5.74) is -6.42. The van der Waals surface area contributed by atoms with Crippen LogP contribution in [0.5, 0.6) is 0 Å². The Morgan fingerprint density at radius 3 is 1.00 bits per heavy atom. The second-order valence-corrected chi connectivity index (χ2v) is 3.62. The Morgan fingerprint density at radius 1 is 0.474 bits per heavy atom. The second kappa shape index (κ2) is 4.62. The zero-order chi connectivity index (χ0) is 15.9. The Labute approximate surface area is 96.9 Å². The lowest BCUT2D eigenvalue weighted by atomic mass is 9.94. The molecule has 0 aliphatic heterocycles. The first kappa shape index (κ1) is 18.2. The van der Waals surface area contributed by atoms with Crippen LogP contribution in [0.3, 0.4) is 0 Å². The average molecular weight is 316 g/mol. The molecule has 12 heteroatoms. The van der Waals surface area contributed by atoms with Crippen LogP contribution in [0.15, 0.2) is 0 Å². The van der Waals surface area contributed by atoms with Crippen LogP contribution in [0.25, 0.3) is 0 Å². The van der Waals surface area contributed by atoms with Gasteiger partial charge in [-0.05, 0) is 0 Å². The number of rotatable bonds is 3. The van der Waals surface area contributed by atoms with Crippen LogP contribution in [0, 0.1) is 0 Å². The normalized spacial score (nSPS) is 15.8. The quantitative estimate of drug-likeness (QED) is 0.656. The molecule has 0 heterocycles. The van der Waals surface area contributed by atoms with Gasteiger partial charge in [-0.1, -0.05) is 0 Å². The number of hydrogen-bond acceptors (Lipinski definition) is 0. The van der Waals surface area contributed by atoms with Gasteiger partial charge >= 0.3 is 24.2 Å². The van der Waals surface area contributed by atoms with Crippen molar-refractivity contribution in [1.82, 2.24) is 0 Å². The van der Waals surface area contributed by atoms with Crippen molar-refractivity contribution in [2.75, 3.05) is 0 Å². The van der Waals surface area contributed by atoms with Gasteiger partial charge in [0.2, 0.25) is 0 Å². The Balaban J connectivity index is 5.38. The fourth-order valence-corrected chi connectivity index (χ4v) is 1.07. The molecule has 19 heavy (non-hydrogen) atoms. The predicted octanol–water partition coefficient (Wildman–Crippen LogP) is 4.80.